The van der Waals surface area contributed by atoms with Gasteiger partial charge in [-0.3, -0.25) is 46.6 Å². The van der Waals surface area contributed by atoms with Gasteiger partial charge in [-0.2, -0.15) is 50.5 Å². The van der Waals surface area contributed by atoms with Crippen molar-refractivity contribution in [2.24, 2.45) is 0 Å². The lowest BCUT2D eigenvalue weighted by atomic mass is 10.1. The Labute approximate surface area is 486 Å². The van der Waals surface area contributed by atoms with E-state index in [-0.39, 0.29) is 38.9 Å². The third-order valence-electron chi connectivity index (χ3n) is 12.1. The molecule has 0 heterocycles. The topological polar surface area (TPSA) is 446 Å². The Morgan fingerprint density at radius 2 is 0.537 bits per heavy atom. The van der Waals surface area contributed by atoms with Crippen molar-refractivity contribution in [1.82, 2.24) is 19.6 Å². The lowest BCUT2D eigenvalue weighted by Gasteiger charge is -2.36. The number of hydrogen-bond donors (Lipinski definition) is 6. The van der Waals surface area contributed by atoms with Crippen molar-refractivity contribution in [1.29, 1.82) is 0 Å². The van der Waals surface area contributed by atoms with E-state index < -0.39 is 177 Å². The molecule has 0 saturated carbocycles. The zero-order chi connectivity index (χ0) is 62.5. The van der Waals surface area contributed by atoms with Gasteiger partial charge in [0.25, 0.3) is 0 Å². The molecule has 0 rings (SSSR count). The molecular weight excluding hydrogens is 1220 g/mol. The van der Waals surface area contributed by atoms with Gasteiger partial charge in [-0.15, -0.1) is 0 Å². The minimum Gasteiger partial charge on any atom is -0.340 e. The minimum absolute atomic E-state index is 0.103. The third-order valence-corrected chi connectivity index (χ3v) is 15.1. The average molecular weight is 1310 g/mol. The van der Waals surface area contributed by atoms with Gasteiger partial charge in [0.2, 0.25) is 17.7 Å². The van der Waals surface area contributed by atoms with Crippen LogP contribution in [0.3, 0.4) is 0 Å². The Balaban J connectivity index is 7.97. The highest BCUT2D eigenvalue weighted by Gasteiger charge is 2.34. The van der Waals surface area contributed by atoms with Crippen molar-refractivity contribution >= 4 is 80.1 Å². The van der Waals surface area contributed by atoms with Crippen LogP contribution in [0.2, 0.25) is 0 Å². The standard InChI is InChI=1S/C45H90N4O27S6/c1-4-7-10-13-16-19-28-47(43(50)25-22-31-71-77(53,54)55)37-40(74-80(62,63)64)34-46(35-41(75-81(65,66)67)38-48(29-20-17-14-11-8-5-2)44(51)26-23-32-72-78(56,57)58)36-42(76-82(68,69)70)39-49(30-21-18-15-12-9-6-3)45(52)27-24-33-73-79(59,60)61/h40-42H,4-39H2,1-3H3,(H,53,54,55)(H,56,57,58)(H,59,60,61)(H,62,63,64)(H,65,66,67)(H,68,69,70). The predicted octanol–water partition coefficient (Wildman–Crippen LogP) is 4.22. The molecule has 3 atom stereocenters. The fourth-order valence-electron chi connectivity index (χ4n) is 8.54. The van der Waals surface area contributed by atoms with Crippen LogP contribution in [0.5, 0.6) is 0 Å². The SMILES string of the molecule is CCCCCCCCN(CC(CN(CC(CN(CCCCCCCC)C(=O)CCCOS(=O)(=O)O)OS(=O)(=O)O)CC(CN(CCCCCCCC)C(=O)CCCOS(=O)(=O)O)OS(=O)(=O)O)OS(=O)(=O)O)C(=O)CCCOS(=O)(=O)O. The summed E-state index contributed by atoms with van der Waals surface area (Å²) in [5.74, 6) is -2.25. The van der Waals surface area contributed by atoms with Gasteiger partial charge in [-0.1, -0.05) is 117 Å². The Kier molecular flexibility index (Phi) is 41.2. The zero-order valence-electron chi connectivity index (χ0n) is 47.2. The summed E-state index contributed by atoms with van der Waals surface area (Å²) in [4.78, 5) is 45.8. The first-order chi connectivity index (χ1) is 38.0. The van der Waals surface area contributed by atoms with Crippen LogP contribution in [0.1, 0.15) is 175 Å². The summed E-state index contributed by atoms with van der Waals surface area (Å²) >= 11 is 0. The first kappa shape index (κ1) is 79.6. The summed E-state index contributed by atoms with van der Waals surface area (Å²) in [6.45, 7) is -1.20. The van der Waals surface area contributed by atoms with E-state index in [9.17, 15) is 78.5 Å². The number of hydrogen-bond acceptors (Lipinski definition) is 22. The molecule has 3 amide bonds. The number of carbonyl (C=O) groups excluding carboxylic acids is 3. The van der Waals surface area contributed by atoms with E-state index in [1.807, 2.05) is 20.8 Å². The molecule has 0 saturated heterocycles. The highest BCUT2D eigenvalue weighted by Crippen LogP contribution is 2.18. The summed E-state index contributed by atoms with van der Waals surface area (Å²) in [6, 6.07) is 0. The van der Waals surface area contributed by atoms with Gasteiger partial charge in [0.05, 0.1) is 19.8 Å². The highest BCUT2D eigenvalue weighted by molar-refractivity contribution is 7.82. The molecule has 0 aromatic rings. The molecule has 31 nitrogen and oxygen atoms in total. The second kappa shape index (κ2) is 42.4. The molecule has 0 aliphatic rings. The highest BCUT2D eigenvalue weighted by atomic mass is 32.3. The van der Waals surface area contributed by atoms with Crippen LogP contribution in [-0.2, 0) is 102 Å². The number of rotatable bonds is 54. The zero-order valence-corrected chi connectivity index (χ0v) is 52.1. The fraction of sp³-hybridized carbons (Fsp3) is 0.933. The lowest BCUT2D eigenvalue weighted by Crippen LogP contribution is -2.52. The molecular formula is C45H90N4O27S6. The van der Waals surface area contributed by atoms with Crippen molar-refractivity contribution in [3.63, 3.8) is 0 Å². The summed E-state index contributed by atoms with van der Waals surface area (Å²) in [7, 11) is -31.3. The van der Waals surface area contributed by atoms with Crippen LogP contribution in [-0.4, -0.2) is 212 Å². The molecule has 6 N–H and O–H groups in total. The van der Waals surface area contributed by atoms with E-state index in [0.29, 0.717) is 57.8 Å². The van der Waals surface area contributed by atoms with Gasteiger partial charge in [0, 0.05) is 78.2 Å². The summed E-state index contributed by atoms with van der Waals surface area (Å²) in [5.41, 5.74) is 0. The molecule has 488 valence electrons. The van der Waals surface area contributed by atoms with Crippen LogP contribution < -0.4 is 0 Å². The van der Waals surface area contributed by atoms with E-state index >= 15 is 0 Å². The number of carbonyl (C=O) groups is 3. The largest absolute Gasteiger partial charge is 0.397 e. The van der Waals surface area contributed by atoms with Crippen LogP contribution >= 0.6 is 0 Å². The van der Waals surface area contributed by atoms with Gasteiger partial charge in [0.15, 0.2) is 0 Å². The minimum atomic E-state index is -5.51. The van der Waals surface area contributed by atoms with Crippen LogP contribution in [0.25, 0.3) is 0 Å². The molecule has 0 aromatic carbocycles. The number of amides is 3. The van der Waals surface area contributed by atoms with Gasteiger partial charge in [0.1, 0.15) is 18.3 Å². The maximum Gasteiger partial charge on any atom is 0.397 e. The Bertz CT molecular complexity index is 2220. The molecule has 0 aliphatic carbocycles. The average Bonchev–Trinajstić information content (AvgIpc) is 3.32. The maximum atomic E-state index is 13.8. The monoisotopic (exact) mass is 1310 g/mol. The second-order valence-corrected chi connectivity index (χ2v) is 26.0. The molecule has 37 heteroatoms. The maximum absolute atomic E-state index is 13.8. The first-order valence-corrected chi connectivity index (χ1v) is 35.6. The van der Waals surface area contributed by atoms with Crippen molar-refractivity contribution in [3.8, 4) is 0 Å². The fourth-order valence-corrected chi connectivity index (χ4v) is 10.9. The smallest absolute Gasteiger partial charge is 0.340 e. The van der Waals surface area contributed by atoms with Crippen molar-refractivity contribution in [3.05, 3.63) is 0 Å². The van der Waals surface area contributed by atoms with Crippen molar-refractivity contribution in [2.45, 2.75) is 193 Å². The Morgan fingerprint density at radius 3 is 0.744 bits per heavy atom. The summed E-state index contributed by atoms with van der Waals surface area (Å²) < 4.78 is 229. The third kappa shape index (κ3) is 48.8. The van der Waals surface area contributed by atoms with E-state index in [1.54, 1.807) is 0 Å². The summed E-state index contributed by atoms with van der Waals surface area (Å²) in [5, 5.41) is 0. The molecule has 0 fully saturated rings. The number of unbranched alkanes of at least 4 members (excludes halogenated alkanes) is 15. The molecule has 0 bridgehead atoms. The predicted molar refractivity (Wildman–Crippen MR) is 296 cm³/mol. The number of nitrogens with zero attached hydrogens (tertiary/aromatic N) is 4. The molecule has 0 aliphatic heterocycles. The first-order valence-electron chi connectivity index (χ1n) is 27.4. The Hall–Kier alpha value is -2.41. The summed E-state index contributed by atoms with van der Waals surface area (Å²) in [6.07, 6.45) is 4.59. The normalized spacial score (nSPS) is 14.0. The quantitative estimate of drug-likeness (QED) is 0.0367. The van der Waals surface area contributed by atoms with E-state index in [0.717, 1.165) is 77.4 Å². The molecule has 0 aromatic heterocycles. The molecule has 0 radical (unpaired) electrons. The van der Waals surface area contributed by atoms with E-state index in [1.165, 1.54) is 0 Å². The van der Waals surface area contributed by atoms with Crippen LogP contribution in [0.15, 0.2) is 0 Å². The van der Waals surface area contributed by atoms with Gasteiger partial charge >= 0.3 is 62.4 Å². The second-order valence-electron chi connectivity index (χ2n) is 19.5. The van der Waals surface area contributed by atoms with Crippen LogP contribution in [0.4, 0.5) is 0 Å². The van der Waals surface area contributed by atoms with Crippen molar-refractivity contribution in [2.75, 3.05) is 78.7 Å². The molecule has 3 unspecified atom stereocenters. The Morgan fingerprint density at radius 1 is 0.317 bits per heavy atom. The van der Waals surface area contributed by atoms with Gasteiger partial charge in [-0.25, -0.2) is 25.1 Å². The van der Waals surface area contributed by atoms with E-state index in [4.69, 9.17) is 26.2 Å². The molecule has 82 heavy (non-hydrogen) atoms. The molecule has 0 spiro atoms. The lowest BCUT2D eigenvalue weighted by molar-refractivity contribution is -0.133. The van der Waals surface area contributed by atoms with E-state index in [2.05, 4.69) is 12.5 Å². The van der Waals surface area contributed by atoms with Crippen LogP contribution in [0, 0.1) is 0 Å². The van der Waals surface area contributed by atoms with Gasteiger partial charge < -0.3 is 14.7 Å². The van der Waals surface area contributed by atoms with Gasteiger partial charge in [-0.05, 0) is 38.5 Å². The van der Waals surface area contributed by atoms with Crippen molar-refractivity contribution < 1.29 is 117 Å².